The van der Waals surface area contributed by atoms with Crippen LogP contribution in [0.5, 0.6) is 0 Å². The lowest BCUT2D eigenvalue weighted by molar-refractivity contribution is -0.131. The van der Waals surface area contributed by atoms with E-state index in [1.807, 2.05) is 13.8 Å². The number of hydrogen-bond donors (Lipinski definition) is 2. The summed E-state index contributed by atoms with van der Waals surface area (Å²) in [5.41, 5.74) is 0.692. The highest BCUT2D eigenvalue weighted by molar-refractivity contribution is 5.79. The van der Waals surface area contributed by atoms with E-state index in [1.165, 1.54) is 6.07 Å². The maximum Gasteiger partial charge on any atom is 0.222 e. The second kappa shape index (κ2) is 10.3. The molecule has 2 unspecified atom stereocenters. The van der Waals surface area contributed by atoms with E-state index < -0.39 is 11.6 Å². The minimum atomic E-state index is -0.869. The van der Waals surface area contributed by atoms with E-state index in [2.05, 4.69) is 10.6 Å². The van der Waals surface area contributed by atoms with Crippen LogP contribution >= 0.6 is 0 Å². The molecule has 0 bridgehead atoms. The van der Waals surface area contributed by atoms with Crippen molar-refractivity contribution in [2.75, 3.05) is 26.2 Å². The zero-order chi connectivity index (χ0) is 19.8. The molecular weight excluding hydrogens is 352 g/mol. The molecule has 1 aromatic carbocycles. The summed E-state index contributed by atoms with van der Waals surface area (Å²) in [5.74, 6) is -1.87. The molecular formula is C20H29F2N3O2. The Morgan fingerprint density at radius 2 is 1.93 bits per heavy atom. The Kier molecular flexibility index (Phi) is 8.16. The van der Waals surface area contributed by atoms with Crippen molar-refractivity contribution >= 4 is 11.8 Å². The molecule has 1 heterocycles. The molecule has 2 atom stereocenters. The molecule has 0 spiro atoms. The van der Waals surface area contributed by atoms with Gasteiger partial charge >= 0.3 is 0 Å². The summed E-state index contributed by atoms with van der Waals surface area (Å²) in [6.45, 7) is 6.55. The normalized spacial score (nSPS) is 19.6. The number of benzene rings is 1. The van der Waals surface area contributed by atoms with E-state index >= 15 is 0 Å². The van der Waals surface area contributed by atoms with Crippen molar-refractivity contribution < 1.29 is 18.4 Å². The average molecular weight is 381 g/mol. The number of rotatable bonds is 8. The fourth-order valence-electron chi connectivity index (χ4n) is 3.57. The highest BCUT2D eigenvalue weighted by atomic mass is 19.2. The van der Waals surface area contributed by atoms with Gasteiger partial charge in [0, 0.05) is 44.4 Å². The molecule has 27 heavy (non-hydrogen) atoms. The Balaban J connectivity index is 1.88. The summed E-state index contributed by atoms with van der Waals surface area (Å²) in [5, 5.41) is 6.22. The van der Waals surface area contributed by atoms with Crippen LogP contribution < -0.4 is 10.6 Å². The van der Waals surface area contributed by atoms with E-state index in [0.29, 0.717) is 38.0 Å². The largest absolute Gasteiger partial charge is 0.351 e. The monoisotopic (exact) mass is 381 g/mol. The van der Waals surface area contributed by atoms with Gasteiger partial charge in [-0.25, -0.2) is 8.78 Å². The SMILES string of the molecule is CCN(CC)C(=O)CCCC(=O)NC1CNCCC1c1ccc(F)c(F)c1. The summed E-state index contributed by atoms with van der Waals surface area (Å²) < 4.78 is 26.8. The van der Waals surface area contributed by atoms with Crippen LogP contribution in [0.15, 0.2) is 18.2 Å². The Morgan fingerprint density at radius 3 is 2.59 bits per heavy atom. The summed E-state index contributed by atoms with van der Waals surface area (Å²) in [4.78, 5) is 26.0. The minimum absolute atomic E-state index is 0.0618. The van der Waals surface area contributed by atoms with E-state index in [9.17, 15) is 18.4 Å². The van der Waals surface area contributed by atoms with Gasteiger partial charge in [0.15, 0.2) is 11.6 Å². The van der Waals surface area contributed by atoms with Crippen LogP contribution in [0.2, 0.25) is 0 Å². The Morgan fingerprint density at radius 1 is 1.19 bits per heavy atom. The molecule has 1 aromatic rings. The molecule has 150 valence electrons. The third-order valence-electron chi connectivity index (χ3n) is 5.11. The van der Waals surface area contributed by atoms with Gasteiger partial charge < -0.3 is 15.5 Å². The van der Waals surface area contributed by atoms with Gasteiger partial charge in [-0.1, -0.05) is 6.07 Å². The van der Waals surface area contributed by atoms with Gasteiger partial charge in [0.1, 0.15) is 0 Å². The Labute approximate surface area is 159 Å². The molecule has 7 heteroatoms. The van der Waals surface area contributed by atoms with Crippen LogP contribution in [0.1, 0.15) is 51.0 Å². The van der Waals surface area contributed by atoms with Crippen LogP contribution in [0.25, 0.3) is 0 Å². The average Bonchev–Trinajstić information content (AvgIpc) is 2.65. The number of hydrogen-bond acceptors (Lipinski definition) is 3. The zero-order valence-electron chi connectivity index (χ0n) is 16.1. The number of nitrogens with one attached hydrogen (secondary N) is 2. The molecule has 2 rings (SSSR count). The molecule has 0 radical (unpaired) electrons. The molecule has 0 saturated carbocycles. The van der Waals surface area contributed by atoms with E-state index in [4.69, 9.17) is 0 Å². The van der Waals surface area contributed by atoms with Gasteiger partial charge in [-0.3, -0.25) is 9.59 Å². The molecule has 0 aliphatic carbocycles. The quantitative estimate of drug-likeness (QED) is 0.728. The summed E-state index contributed by atoms with van der Waals surface area (Å²) >= 11 is 0. The highest BCUT2D eigenvalue weighted by Crippen LogP contribution is 2.27. The van der Waals surface area contributed by atoms with Crippen LogP contribution in [-0.2, 0) is 9.59 Å². The first-order valence-electron chi connectivity index (χ1n) is 9.69. The fraction of sp³-hybridized carbons (Fsp3) is 0.600. The lowest BCUT2D eigenvalue weighted by Gasteiger charge is -2.33. The van der Waals surface area contributed by atoms with E-state index in [1.54, 1.807) is 11.0 Å². The van der Waals surface area contributed by atoms with Crippen LogP contribution in [0.3, 0.4) is 0 Å². The first kappa shape index (κ1) is 21.3. The van der Waals surface area contributed by atoms with Crippen molar-refractivity contribution in [1.29, 1.82) is 0 Å². The number of nitrogens with zero attached hydrogens (tertiary/aromatic N) is 1. The fourth-order valence-corrected chi connectivity index (χ4v) is 3.57. The van der Waals surface area contributed by atoms with Crippen molar-refractivity contribution in [3.05, 3.63) is 35.4 Å². The smallest absolute Gasteiger partial charge is 0.222 e. The molecule has 0 aromatic heterocycles. The van der Waals surface area contributed by atoms with Gasteiger partial charge in [0.05, 0.1) is 0 Å². The van der Waals surface area contributed by atoms with Gasteiger partial charge in [-0.15, -0.1) is 0 Å². The number of halogens is 2. The zero-order valence-corrected chi connectivity index (χ0v) is 16.1. The molecule has 5 nitrogen and oxygen atoms in total. The number of carbonyl (C=O) groups is 2. The lowest BCUT2D eigenvalue weighted by atomic mass is 9.86. The number of carbonyl (C=O) groups excluding carboxylic acids is 2. The Hall–Kier alpha value is -2.02. The van der Waals surface area contributed by atoms with Crippen molar-refractivity contribution in [3.63, 3.8) is 0 Å². The van der Waals surface area contributed by atoms with Gasteiger partial charge in [-0.05, 0) is 50.9 Å². The summed E-state index contributed by atoms with van der Waals surface area (Å²) in [6.07, 6.45) is 1.85. The van der Waals surface area contributed by atoms with Gasteiger partial charge in [0.25, 0.3) is 0 Å². The Bertz CT molecular complexity index is 650. The van der Waals surface area contributed by atoms with Crippen molar-refractivity contribution in [2.24, 2.45) is 0 Å². The maximum absolute atomic E-state index is 13.6. The van der Waals surface area contributed by atoms with Crippen LogP contribution in [0.4, 0.5) is 8.78 Å². The molecule has 1 fully saturated rings. The van der Waals surface area contributed by atoms with Crippen molar-refractivity contribution in [1.82, 2.24) is 15.5 Å². The number of amides is 2. The van der Waals surface area contributed by atoms with E-state index in [-0.39, 0.29) is 30.2 Å². The molecule has 1 saturated heterocycles. The molecule has 2 amide bonds. The second-order valence-corrected chi connectivity index (χ2v) is 6.87. The van der Waals surface area contributed by atoms with Crippen LogP contribution in [0, 0.1) is 11.6 Å². The third kappa shape index (κ3) is 5.99. The highest BCUT2D eigenvalue weighted by Gasteiger charge is 2.28. The first-order chi connectivity index (χ1) is 13.0. The molecule has 1 aliphatic rings. The van der Waals surface area contributed by atoms with Crippen molar-refractivity contribution in [3.8, 4) is 0 Å². The van der Waals surface area contributed by atoms with Crippen LogP contribution in [-0.4, -0.2) is 48.9 Å². The first-order valence-corrected chi connectivity index (χ1v) is 9.69. The van der Waals surface area contributed by atoms with Gasteiger partial charge in [0.2, 0.25) is 11.8 Å². The van der Waals surface area contributed by atoms with Gasteiger partial charge in [-0.2, -0.15) is 0 Å². The summed E-state index contributed by atoms with van der Waals surface area (Å²) in [7, 11) is 0. The number of piperidine rings is 1. The molecule has 1 aliphatic heterocycles. The molecule has 2 N–H and O–H groups in total. The summed E-state index contributed by atoms with van der Waals surface area (Å²) in [6, 6.07) is 3.74. The topological polar surface area (TPSA) is 61.4 Å². The van der Waals surface area contributed by atoms with Crippen molar-refractivity contribution in [2.45, 2.75) is 51.5 Å². The second-order valence-electron chi connectivity index (χ2n) is 6.87. The predicted octanol–water partition coefficient (Wildman–Crippen LogP) is 2.57. The third-order valence-corrected chi connectivity index (χ3v) is 5.11. The van der Waals surface area contributed by atoms with E-state index in [0.717, 1.165) is 19.0 Å². The standard InChI is InChI=1S/C20H29F2N3O2/c1-3-25(4-2)20(27)7-5-6-19(26)24-18-13-23-11-10-15(18)14-8-9-16(21)17(22)12-14/h8-9,12,15,18,23H,3-7,10-11,13H2,1-2H3,(H,24,26). The lowest BCUT2D eigenvalue weighted by Crippen LogP contribution is -2.50. The maximum atomic E-state index is 13.6. The minimum Gasteiger partial charge on any atom is -0.351 e. The predicted molar refractivity (Wildman–Crippen MR) is 100 cm³/mol.